The Bertz CT molecular complexity index is 260. The summed E-state index contributed by atoms with van der Waals surface area (Å²) >= 11 is 0. The van der Waals surface area contributed by atoms with Crippen molar-refractivity contribution in [2.75, 3.05) is 7.05 Å². The highest BCUT2D eigenvalue weighted by Gasteiger charge is 2.13. The zero-order chi connectivity index (χ0) is 11.8. The zero-order valence-corrected chi connectivity index (χ0v) is 9.32. The third kappa shape index (κ3) is 6.65. The van der Waals surface area contributed by atoms with E-state index in [0.29, 0.717) is 5.71 Å². The van der Waals surface area contributed by atoms with E-state index < -0.39 is 11.9 Å². The van der Waals surface area contributed by atoms with Crippen molar-refractivity contribution in [1.29, 1.82) is 0 Å². The Morgan fingerprint density at radius 2 is 2.00 bits per heavy atom. The van der Waals surface area contributed by atoms with Crippen molar-refractivity contribution in [2.45, 2.75) is 39.2 Å². The molecule has 5 heteroatoms. The predicted molar refractivity (Wildman–Crippen MR) is 56.1 cm³/mol. The standard InChI is InChI=1S/C10H17NO4/c1-4-7(2)15-10(14)6-8(11-3)5-9(12)13/h7H,4-6H2,1-3H3,(H,12,13). The molecule has 1 atom stereocenters. The number of aliphatic carboxylic acids is 1. The molecule has 0 radical (unpaired) electrons. The minimum absolute atomic E-state index is 0.0485. The van der Waals surface area contributed by atoms with Crippen LogP contribution in [0.4, 0.5) is 0 Å². The van der Waals surface area contributed by atoms with Crippen LogP contribution >= 0.6 is 0 Å². The van der Waals surface area contributed by atoms with Crippen LogP contribution in [0.5, 0.6) is 0 Å². The van der Waals surface area contributed by atoms with E-state index in [1.54, 1.807) is 6.92 Å². The average Bonchev–Trinajstić information content (AvgIpc) is 2.15. The van der Waals surface area contributed by atoms with Gasteiger partial charge in [-0.25, -0.2) is 0 Å². The van der Waals surface area contributed by atoms with Gasteiger partial charge in [-0.05, 0) is 13.3 Å². The number of carbonyl (C=O) groups excluding carboxylic acids is 1. The number of carboxylic acids is 1. The number of aliphatic imine (C=N–C) groups is 1. The molecule has 5 nitrogen and oxygen atoms in total. The fraction of sp³-hybridized carbons (Fsp3) is 0.700. The van der Waals surface area contributed by atoms with E-state index in [9.17, 15) is 9.59 Å². The summed E-state index contributed by atoms with van der Waals surface area (Å²) in [6.07, 6.45) is 0.336. The number of nitrogens with zero attached hydrogens (tertiary/aromatic N) is 1. The van der Waals surface area contributed by atoms with Gasteiger partial charge in [-0.1, -0.05) is 6.92 Å². The van der Waals surface area contributed by atoms with Gasteiger partial charge in [0.1, 0.15) is 0 Å². The molecule has 1 unspecified atom stereocenters. The van der Waals surface area contributed by atoms with E-state index in [1.165, 1.54) is 7.05 Å². The summed E-state index contributed by atoms with van der Waals surface area (Å²) in [6, 6.07) is 0. The Morgan fingerprint density at radius 1 is 1.40 bits per heavy atom. The van der Waals surface area contributed by atoms with Crippen LogP contribution in [-0.4, -0.2) is 35.9 Å². The third-order valence-corrected chi connectivity index (χ3v) is 1.93. The Morgan fingerprint density at radius 3 is 2.40 bits per heavy atom. The molecule has 0 saturated carbocycles. The van der Waals surface area contributed by atoms with Crippen LogP contribution in [-0.2, 0) is 14.3 Å². The first-order valence-corrected chi connectivity index (χ1v) is 4.85. The van der Waals surface area contributed by atoms with Crippen molar-refractivity contribution in [3.8, 4) is 0 Å². The van der Waals surface area contributed by atoms with Gasteiger partial charge in [0.2, 0.25) is 0 Å². The zero-order valence-electron chi connectivity index (χ0n) is 9.32. The summed E-state index contributed by atoms with van der Waals surface area (Å²) in [5.41, 5.74) is 0.329. The van der Waals surface area contributed by atoms with Gasteiger partial charge in [0, 0.05) is 12.8 Å². The fourth-order valence-electron chi connectivity index (χ4n) is 0.911. The SMILES string of the molecule is CCC(C)OC(=O)CC(CC(=O)O)=NC. The molecular formula is C10H17NO4. The number of ether oxygens (including phenoxy) is 1. The summed E-state index contributed by atoms with van der Waals surface area (Å²) in [5, 5.41) is 8.52. The maximum Gasteiger partial charge on any atom is 0.311 e. The Labute approximate surface area is 89.1 Å². The molecule has 1 N–H and O–H groups in total. The van der Waals surface area contributed by atoms with Crippen molar-refractivity contribution in [3.63, 3.8) is 0 Å². The molecule has 0 aliphatic heterocycles. The van der Waals surface area contributed by atoms with Gasteiger partial charge in [-0.2, -0.15) is 0 Å². The molecule has 15 heavy (non-hydrogen) atoms. The number of carboxylic acid groups (broad SMARTS) is 1. The van der Waals surface area contributed by atoms with Gasteiger partial charge < -0.3 is 9.84 Å². The van der Waals surface area contributed by atoms with Crippen LogP contribution < -0.4 is 0 Å². The number of carbonyl (C=O) groups is 2. The molecule has 0 aliphatic carbocycles. The molecule has 0 bridgehead atoms. The van der Waals surface area contributed by atoms with E-state index in [2.05, 4.69) is 4.99 Å². The highest BCUT2D eigenvalue weighted by atomic mass is 16.5. The molecule has 0 aliphatic rings. The predicted octanol–water partition coefficient (Wildman–Crippen LogP) is 1.26. The van der Waals surface area contributed by atoms with Crippen molar-refractivity contribution in [3.05, 3.63) is 0 Å². The van der Waals surface area contributed by atoms with Crippen LogP contribution in [0.15, 0.2) is 4.99 Å². The van der Waals surface area contributed by atoms with E-state index >= 15 is 0 Å². The van der Waals surface area contributed by atoms with Crippen molar-refractivity contribution in [1.82, 2.24) is 0 Å². The minimum Gasteiger partial charge on any atom is -0.481 e. The topological polar surface area (TPSA) is 76.0 Å². The molecule has 0 saturated heterocycles. The van der Waals surface area contributed by atoms with Gasteiger partial charge >= 0.3 is 11.9 Å². The van der Waals surface area contributed by atoms with Crippen LogP contribution in [0.3, 0.4) is 0 Å². The van der Waals surface area contributed by atoms with Gasteiger partial charge in [0.25, 0.3) is 0 Å². The Hall–Kier alpha value is -1.39. The van der Waals surface area contributed by atoms with Crippen LogP contribution in [0.1, 0.15) is 33.1 Å². The normalized spacial score (nSPS) is 13.4. The number of hydrogen-bond acceptors (Lipinski definition) is 4. The maximum absolute atomic E-state index is 11.3. The van der Waals surface area contributed by atoms with E-state index in [1.807, 2.05) is 6.92 Å². The van der Waals surface area contributed by atoms with Gasteiger partial charge in [-0.15, -0.1) is 0 Å². The van der Waals surface area contributed by atoms with E-state index in [4.69, 9.17) is 9.84 Å². The van der Waals surface area contributed by atoms with Crippen molar-refractivity contribution in [2.24, 2.45) is 4.99 Å². The second kappa shape index (κ2) is 6.98. The fourth-order valence-corrected chi connectivity index (χ4v) is 0.911. The monoisotopic (exact) mass is 215 g/mol. The summed E-state index contributed by atoms with van der Waals surface area (Å²) < 4.78 is 5.00. The second-order valence-electron chi connectivity index (χ2n) is 3.25. The van der Waals surface area contributed by atoms with Crippen LogP contribution in [0, 0.1) is 0 Å². The lowest BCUT2D eigenvalue weighted by Crippen LogP contribution is -2.18. The van der Waals surface area contributed by atoms with E-state index in [-0.39, 0.29) is 18.9 Å². The van der Waals surface area contributed by atoms with Crippen LogP contribution in [0.2, 0.25) is 0 Å². The first-order chi connectivity index (χ1) is 6.99. The van der Waals surface area contributed by atoms with Crippen molar-refractivity contribution < 1.29 is 19.4 Å². The molecule has 0 heterocycles. The van der Waals surface area contributed by atoms with Crippen molar-refractivity contribution >= 4 is 17.7 Å². The molecule has 0 fully saturated rings. The van der Waals surface area contributed by atoms with Gasteiger partial charge in [-0.3, -0.25) is 14.6 Å². The molecule has 0 spiro atoms. The lowest BCUT2D eigenvalue weighted by atomic mass is 10.2. The largest absolute Gasteiger partial charge is 0.481 e. The average molecular weight is 215 g/mol. The molecule has 0 amide bonds. The molecule has 0 rings (SSSR count). The molecular weight excluding hydrogens is 198 g/mol. The summed E-state index contributed by atoms with van der Waals surface area (Å²) in [7, 11) is 1.47. The number of hydrogen-bond donors (Lipinski definition) is 1. The first-order valence-electron chi connectivity index (χ1n) is 4.85. The molecule has 86 valence electrons. The number of esters is 1. The maximum atomic E-state index is 11.3. The quantitative estimate of drug-likeness (QED) is 0.534. The second-order valence-corrected chi connectivity index (χ2v) is 3.25. The number of rotatable bonds is 6. The Kier molecular flexibility index (Phi) is 6.33. The highest BCUT2D eigenvalue weighted by Crippen LogP contribution is 2.01. The summed E-state index contributed by atoms with van der Waals surface area (Å²) in [6.45, 7) is 3.70. The molecule has 0 aromatic carbocycles. The third-order valence-electron chi connectivity index (χ3n) is 1.93. The highest BCUT2D eigenvalue weighted by molar-refractivity contribution is 6.06. The first kappa shape index (κ1) is 13.6. The lowest BCUT2D eigenvalue weighted by Gasteiger charge is -2.10. The Balaban J connectivity index is 4.08. The van der Waals surface area contributed by atoms with E-state index in [0.717, 1.165) is 6.42 Å². The molecule has 0 aromatic heterocycles. The van der Waals surface area contributed by atoms with Gasteiger partial charge in [0.05, 0.1) is 18.9 Å². The minimum atomic E-state index is -0.994. The van der Waals surface area contributed by atoms with Crippen LogP contribution in [0.25, 0.3) is 0 Å². The smallest absolute Gasteiger partial charge is 0.311 e. The molecule has 0 aromatic rings. The van der Waals surface area contributed by atoms with Gasteiger partial charge in [0.15, 0.2) is 0 Å². The summed E-state index contributed by atoms with van der Waals surface area (Å²) in [4.78, 5) is 25.4. The lowest BCUT2D eigenvalue weighted by molar-refractivity contribution is -0.146. The summed E-state index contributed by atoms with van der Waals surface area (Å²) in [5.74, 6) is -1.42.